The van der Waals surface area contributed by atoms with Crippen LogP contribution in [0.3, 0.4) is 0 Å². The van der Waals surface area contributed by atoms with Crippen LogP contribution in [0.1, 0.15) is 25.5 Å². The van der Waals surface area contributed by atoms with Crippen molar-refractivity contribution in [2.75, 3.05) is 5.32 Å². The van der Waals surface area contributed by atoms with Gasteiger partial charge >= 0.3 is 0 Å². The zero-order valence-electron chi connectivity index (χ0n) is 7.76. The molecule has 4 nitrogen and oxygen atoms in total. The van der Waals surface area contributed by atoms with Crippen LogP contribution in [0, 0.1) is 12.3 Å². The molecule has 4 heteroatoms. The molecule has 0 radical (unpaired) electrons. The fourth-order valence-electron chi connectivity index (χ4n) is 1.11. The Morgan fingerprint density at radius 3 is 2.85 bits per heavy atom. The second-order valence-corrected chi connectivity index (χ2v) is 3.84. The highest BCUT2D eigenvalue weighted by Crippen LogP contribution is 2.45. The quantitative estimate of drug-likeness (QED) is 0.753. The Balaban J connectivity index is 2.02. The summed E-state index contributed by atoms with van der Waals surface area (Å²) in [5.41, 5.74) is -0.160. The average Bonchev–Trinajstić information content (AvgIpc) is 2.69. The first-order valence-electron chi connectivity index (χ1n) is 4.35. The van der Waals surface area contributed by atoms with Gasteiger partial charge in [-0.3, -0.25) is 4.79 Å². The summed E-state index contributed by atoms with van der Waals surface area (Å²) < 4.78 is 4.83. The minimum atomic E-state index is -0.160. The van der Waals surface area contributed by atoms with Gasteiger partial charge in [0.1, 0.15) is 5.76 Å². The number of carbonyl (C=O) groups excluding carboxylic acids is 1. The van der Waals surface area contributed by atoms with E-state index in [-0.39, 0.29) is 11.3 Å². The Bertz CT molecular complexity index is 339. The molecule has 0 aromatic carbocycles. The first-order chi connectivity index (χ1) is 6.10. The molecule has 1 aromatic rings. The first kappa shape index (κ1) is 8.29. The zero-order chi connectivity index (χ0) is 9.47. The van der Waals surface area contributed by atoms with E-state index in [2.05, 4.69) is 10.5 Å². The van der Waals surface area contributed by atoms with Crippen molar-refractivity contribution >= 4 is 11.7 Å². The molecule has 0 spiro atoms. The lowest BCUT2D eigenvalue weighted by Crippen LogP contribution is -2.21. The van der Waals surface area contributed by atoms with E-state index < -0.39 is 0 Å². The van der Waals surface area contributed by atoms with E-state index >= 15 is 0 Å². The summed E-state index contributed by atoms with van der Waals surface area (Å²) >= 11 is 0. The molecule has 1 amide bonds. The van der Waals surface area contributed by atoms with E-state index in [1.165, 1.54) is 0 Å². The smallest absolute Gasteiger partial charge is 0.231 e. The second-order valence-electron chi connectivity index (χ2n) is 3.84. The van der Waals surface area contributed by atoms with Crippen LogP contribution in [0.4, 0.5) is 5.82 Å². The van der Waals surface area contributed by atoms with E-state index in [1.54, 1.807) is 13.0 Å². The molecule has 0 atom stereocenters. The molecule has 0 unspecified atom stereocenters. The molecule has 1 heterocycles. The van der Waals surface area contributed by atoms with Gasteiger partial charge in [0.25, 0.3) is 0 Å². The van der Waals surface area contributed by atoms with Crippen LogP contribution < -0.4 is 5.32 Å². The fraction of sp³-hybridized carbons (Fsp3) is 0.556. The molecular formula is C9H12N2O2. The lowest BCUT2D eigenvalue weighted by Gasteiger charge is -2.05. The van der Waals surface area contributed by atoms with Crippen molar-refractivity contribution < 1.29 is 9.32 Å². The molecule has 0 bridgehead atoms. The summed E-state index contributed by atoms with van der Waals surface area (Å²) in [5.74, 6) is 1.26. The molecule has 1 fully saturated rings. The van der Waals surface area contributed by atoms with Crippen molar-refractivity contribution in [1.29, 1.82) is 0 Å². The largest absolute Gasteiger partial charge is 0.360 e. The van der Waals surface area contributed by atoms with Crippen LogP contribution in [-0.4, -0.2) is 11.1 Å². The number of amides is 1. The molecule has 1 aliphatic carbocycles. The number of rotatable bonds is 2. The maximum absolute atomic E-state index is 11.5. The molecule has 1 aliphatic rings. The number of hydrogen-bond acceptors (Lipinski definition) is 3. The topological polar surface area (TPSA) is 55.1 Å². The minimum absolute atomic E-state index is 0.0424. The molecule has 0 saturated heterocycles. The Morgan fingerprint density at radius 1 is 1.69 bits per heavy atom. The van der Waals surface area contributed by atoms with Crippen LogP contribution in [0.5, 0.6) is 0 Å². The van der Waals surface area contributed by atoms with E-state index in [0.717, 1.165) is 12.8 Å². The van der Waals surface area contributed by atoms with Crippen molar-refractivity contribution in [1.82, 2.24) is 5.16 Å². The van der Waals surface area contributed by atoms with Gasteiger partial charge in [-0.15, -0.1) is 0 Å². The molecule has 2 rings (SSSR count). The maximum Gasteiger partial charge on any atom is 0.231 e. The molecule has 1 N–H and O–H groups in total. The summed E-state index contributed by atoms with van der Waals surface area (Å²) in [6.45, 7) is 3.75. The van der Waals surface area contributed by atoms with Gasteiger partial charge in [-0.05, 0) is 19.8 Å². The molecule has 1 aromatic heterocycles. The normalized spacial score (nSPS) is 18.3. The van der Waals surface area contributed by atoms with E-state index in [1.807, 2.05) is 6.92 Å². The summed E-state index contributed by atoms with van der Waals surface area (Å²) in [6.07, 6.45) is 1.94. The predicted molar refractivity (Wildman–Crippen MR) is 47.2 cm³/mol. The molecule has 70 valence electrons. The first-order valence-corrected chi connectivity index (χ1v) is 4.35. The van der Waals surface area contributed by atoms with Gasteiger partial charge in [-0.2, -0.15) is 0 Å². The van der Waals surface area contributed by atoms with E-state index in [9.17, 15) is 4.79 Å². The molecule has 1 saturated carbocycles. The van der Waals surface area contributed by atoms with Gasteiger partial charge < -0.3 is 9.84 Å². The van der Waals surface area contributed by atoms with Gasteiger partial charge in [-0.25, -0.2) is 0 Å². The van der Waals surface area contributed by atoms with Gasteiger partial charge in [0.15, 0.2) is 5.82 Å². The Hall–Kier alpha value is -1.32. The van der Waals surface area contributed by atoms with Crippen molar-refractivity contribution in [3.8, 4) is 0 Å². The van der Waals surface area contributed by atoms with Crippen LogP contribution in [0.15, 0.2) is 10.6 Å². The minimum Gasteiger partial charge on any atom is -0.360 e. The summed E-state index contributed by atoms with van der Waals surface area (Å²) in [4.78, 5) is 11.5. The molecular weight excluding hydrogens is 168 g/mol. The summed E-state index contributed by atoms with van der Waals surface area (Å²) in [7, 11) is 0. The predicted octanol–water partition coefficient (Wildman–Crippen LogP) is 1.72. The third kappa shape index (κ3) is 1.56. The number of anilines is 1. The van der Waals surface area contributed by atoms with Crippen molar-refractivity contribution in [3.05, 3.63) is 11.8 Å². The monoisotopic (exact) mass is 180 g/mol. The fourth-order valence-corrected chi connectivity index (χ4v) is 1.11. The van der Waals surface area contributed by atoms with Gasteiger partial charge in [0, 0.05) is 11.5 Å². The number of carbonyl (C=O) groups is 1. The van der Waals surface area contributed by atoms with E-state index in [4.69, 9.17) is 4.52 Å². The SMILES string of the molecule is Cc1cc(NC(=O)C2(C)CC2)no1. The highest BCUT2D eigenvalue weighted by Gasteiger charge is 2.45. The van der Waals surface area contributed by atoms with Crippen LogP contribution in [0.2, 0.25) is 0 Å². The van der Waals surface area contributed by atoms with Crippen molar-refractivity contribution in [2.24, 2.45) is 5.41 Å². The number of aryl methyl sites for hydroxylation is 1. The van der Waals surface area contributed by atoms with Gasteiger partial charge in [0.2, 0.25) is 5.91 Å². The third-order valence-electron chi connectivity index (χ3n) is 2.42. The highest BCUT2D eigenvalue weighted by atomic mass is 16.5. The van der Waals surface area contributed by atoms with Crippen LogP contribution in [0.25, 0.3) is 0 Å². The standard InChI is InChI=1S/C9H12N2O2/c1-6-5-7(11-13-6)10-8(12)9(2)3-4-9/h5H,3-4H2,1-2H3,(H,10,11,12). The van der Waals surface area contributed by atoms with Gasteiger partial charge in [-0.1, -0.05) is 12.1 Å². The second kappa shape index (κ2) is 2.58. The lowest BCUT2D eigenvalue weighted by molar-refractivity contribution is -0.120. The number of aromatic nitrogens is 1. The maximum atomic E-state index is 11.5. The summed E-state index contributed by atoms with van der Waals surface area (Å²) in [6, 6.07) is 1.71. The Kier molecular flexibility index (Phi) is 1.65. The highest BCUT2D eigenvalue weighted by molar-refractivity contribution is 5.96. The van der Waals surface area contributed by atoms with Crippen LogP contribution >= 0.6 is 0 Å². The zero-order valence-corrected chi connectivity index (χ0v) is 7.76. The van der Waals surface area contributed by atoms with Crippen molar-refractivity contribution in [2.45, 2.75) is 26.7 Å². The number of nitrogens with one attached hydrogen (secondary N) is 1. The molecule has 13 heavy (non-hydrogen) atoms. The average molecular weight is 180 g/mol. The Morgan fingerprint density at radius 2 is 2.38 bits per heavy atom. The third-order valence-corrected chi connectivity index (χ3v) is 2.42. The van der Waals surface area contributed by atoms with Crippen molar-refractivity contribution in [3.63, 3.8) is 0 Å². The van der Waals surface area contributed by atoms with Crippen LogP contribution in [-0.2, 0) is 4.79 Å². The molecule has 0 aliphatic heterocycles. The number of nitrogens with zero attached hydrogens (tertiary/aromatic N) is 1. The van der Waals surface area contributed by atoms with E-state index in [0.29, 0.717) is 11.6 Å². The Labute approximate surface area is 76.3 Å². The van der Waals surface area contributed by atoms with Gasteiger partial charge in [0.05, 0.1) is 0 Å². The number of hydrogen-bond donors (Lipinski definition) is 1. The summed E-state index contributed by atoms with van der Waals surface area (Å²) in [5, 5.41) is 6.41. The lowest BCUT2D eigenvalue weighted by atomic mass is 10.1.